The van der Waals surface area contributed by atoms with E-state index in [-0.39, 0.29) is 16.4 Å². The summed E-state index contributed by atoms with van der Waals surface area (Å²) in [6.07, 6.45) is 3.14. The smallest absolute Gasteiger partial charge is 0.337 e. The molecule has 0 unspecified atom stereocenters. The Hall–Kier alpha value is -2.14. The number of nitrogens with two attached hydrogens (primary N) is 1. The Balaban J connectivity index is 2.67. The van der Waals surface area contributed by atoms with Crippen molar-refractivity contribution in [3.63, 3.8) is 0 Å². The van der Waals surface area contributed by atoms with Crippen LogP contribution in [0.5, 0.6) is 0 Å². The van der Waals surface area contributed by atoms with Gasteiger partial charge in [0.15, 0.2) is 0 Å². The van der Waals surface area contributed by atoms with Crippen molar-refractivity contribution < 1.29 is 9.90 Å². The van der Waals surface area contributed by atoms with Gasteiger partial charge in [-0.3, -0.25) is 4.98 Å². The summed E-state index contributed by atoms with van der Waals surface area (Å²) in [7, 11) is 0. The van der Waals surface area contributed by atoms with Crippen molar-refractivity contribution in [1.82, 2.24) is 9.97 Å². The molecule has 0 bridgehead atoms. The number of hydrogen-bond donors (Lipinski definition) is 2. The van der Waals surface area contributed by atoms with Gasteiger partial charge >= 0.3 is 5.97 Å². The second kappa shape index (κ2) is 4.39. The first-order valence-electron chi connectivity index (χ1n) is 4.69. The minimum Gasteiger partial charge on any atom is -0.478 e. The van der Waals surface area contributed by atoms with Gasteiger partial charge < -0.3 is 10.8 Å². The molecule has 2 aromatic heterocycles. The maximum Gasteiger partial charge on any atom is 0.337 e. The van der Waals surface area contributed by atoms with Gasteiger partial charge in [0, 0.05) is 18.0 Å². The molecule has 2 rings (SSSR count). The van der Waals surface area contributed by atoms with E-state index in [1.807, 2.05) is 0 Å². The van der Waals surface area contributed by atoms with Crippen molar-refractivity contribution in [2.45, 2.75) is 0 Å². The first-order chi connectivity index (χ1) is 8.09. The molecule has 5 nitrogen and oxygen atoms in total. The lowest BCUT2D eigenvalue weighted by atomic mass is 10.1. The summed E-state index contributed by atoms with van der Waals surface area (Å²) < 4.78 is 0. The number of aromatic carboxylic acids is 1. The minimum absolute atomic E-state index is 0.0659. The van der Waals surface area contributed by atoms with Crippen molar-refractivity contribution in [2.75, 3.05) is 5.73 Å². The zero-order valence-corrected chi connectivity index (χ0v) is 9.35. The maximum absolute atomic E-state index is 11.0. The zero-order valence-electron chi connectivity index (χ0n) is 8.59. The van der Waals surface area contributed by atoms with Gasteiger partial charge in [0.2, 0.25) is 0 Å². The maximum atomic E-state index is 11.0. The quantitative estimate of drug-likeness (QED) is 0.796. The molecule has 2 aromatic rings. The van der Waals surface area contributed by atoms with E-state index in [1.54, 1.807) is 24.5 Å². The number of aromatic nitrogens is 2. The molecule has 0 amide bonds. The van der Waals surface area contributed by atoms with Crippen LogP contribution in [0.15, 0.2) is 30.6 Å². The van der Waals surface area contributed by atoms with E-state index < -0.39 is 5.97 Å². The summed E-state index contributed by atoms with van der Waals surface area (Å²) in [4.78, 5) is 18.9. The number of pyridine rings is 2. The Labute approximate surface area is 102 Å². The Morgan fingerprint density at radius 2 is 2.24 bits per heavy atom. The summed E-state index contributed by atoms with van der Waals surface area (Å²) >= 11 is 5.77. The van der Waals surface area contributed by atoms with Crippen LogP contribution in [0.4, 0.5) is 5.69 Å². The number of carbonyl (C=O) groups is 1. The van der Waals surface area contributed by atoms with Crippen molar-refractivity contribution in [2.24, 2.45) is 0 Å². The van der Waals surface area contributed by atoms with E-state index >= 15 is 0 Å². The molecule has 0 saturated carbocycles. The van der Waals surface area contributed by atoms with Crippen LogP contribution in [-0.4, -0.2) is 21.0 Å². The zero-order chi connectivity index (χ0) is 12.4. The van der Waals surface area contributed by atoms with Gasteiger partial charge in [-0.15, -0.1) is 0 Å². The molecular weight excluding hydrogens is 242 g/mol. The molecule has 0 spiro atoms. The third kappa shape index (κ3) is 2.19. The fourth-order valence-electron chi connectivity index (χ4n) is 1.42. The number of carboxylic acids is 1. The number of nitrogens with zero attached hydrogens (tertiary/aromatic N) is 2. The molecular formula is C11H8ClN3O2. The number of hydrogen-bond acceptors (Lipinski definition) is 4. The highest BCUT2D eigenvalue weighted by molar-refractivity contribution is 6.30. The number of nitrogen functional groups attached to an aromatic ring is 1. The summed E-state index contributed by atoms with van der Waals surface area (Å²) in [5.41, 5.74) is 6.71. The van der Waals surface area contributed by atoms with E-state index in [4.69, 9.17) is 22.4 Å². The monoisotopic (exact) mass is 249 g/mol. The van der Waals surface area contributed by atoms with Crippen molar-refractivity contribution in [3.05, 3.63) is 41.3 Å². The molecule has 0 aliphatic carbocycles. The van der Waals surface area contributed by atoms with Crippen LogP contribution in [0.3, 0.4) is 0 Å². The van der Waals surface area contributed by atoms with Crippen LogP contribution in [0.2, 0.25) is 5.15 Å². The second-order valence-corrected chi connectivity index (χ2v) is 3.69. The van der Waals surface area contributed by atoms with Gasteiger partial charge in [-0.25, -0.2) is 9.78 Å². The van der Waals surface area contributed by atoms with Crippen LogP contribution >= 0.6 is 11.6 Å². The first kappa shape index (κ1) is 11.3. The largest absolute Gasteiger partial charge is 0.478 e. The Bertz CT molecular complexity index is 572. The standard InChI is InChI=1S/C11H8ClN3O2/c12-8-4-7(11(16)17)9(13)10(15-8)6-2-1-3-14-5-6/h1-5H,13H2,(H,16,17). The lowest BCUT2D eigenvalue weighted by molar-refractivity contribution is 0.0698. The summed E-state index contributed by atoms with van der Waals surface area (Å²) in [6.45, 7) is 0. The molecule has 0 aliphatic rings. The average molecular weight is 250 g/mol. The molecule has 0 aromatic carbocycles. The topological polar surface area (TPSA) is 89.1 Å². The minimum atomic E-state index is -1.14. The molecule has 0 radical (unpaired) electrons. The number of rotatable bonds is 2. The Morgan fingerprint density at radius 3 is 2.82 bits per heavy atom. The molecule has 3 N–H and O–H groups in total. The average Bonchev–Trinajstić information content (AvgIpc) is 2.32. The van der Waals surface area contributed by atoms with Crippen LogP contribution in [0, 0.1) is 0 Å². The van der Waals surface area contributed by atoms with Crippen LogP contribution < -0.4 is 5.73 Å². The highest BCUT2D eigenvalue weighted by Crippen LogP contribution is 2.28. The Kier molecular flexibility index (Phi) is 2.93. The first-order valence-corrected chi connectivity index (χ1v) is 5.07. The lowest BCUT2D eigenvalue weighted by Crippen LogP contribution is -2.05. The van der Waals surface area contributed by atoms with Gasteiger partial charge in [0.25, 0.3) is 0 Å². The molecule has 0 aliphatic heterocycles. The molecule has 6 heteroatoms. The second-order valence-electron chi connectivity index (χ2n) is 3.30. The molecule has 86 valence electrons. The normalized spacial score (nSPS) is 10.2. The summed E-state index contributed by atoms with van der Waals surface area (Å²) in [5, 5.41) is 9.06. The number of halogens is 1. The van der Waals surface area contributed by atoms with Crippen molar-refractivity contribution >= 4 is 23.3 Å². The summed E-state index contributed by atoms with van der Waals surface area (Å²) in [5.74, 6) is -1.14. The SMILES string of the molecule is Nc1c(C(=O)O)cc(Cl)nc1-c1cccnc1. The molecule has 0 saturated heterocycles. The number of anilines is 1. The van der Waals surface area contributed by atoms with Crippen molar-refractivity contribution in [1.29, 1.82) is 0 Å². The van der Waals surface area contributed by atoms with E-state index in [2.05, 4.69) is 9.97 Å². The highest BCUT2D eigenvalue weighted by Gasteiger charge is 2.15. The van der Waals surface area contributed by atoms with Gasteiger partial charge in [-0.05, 0) is 18.2 Å². The Morgan fingerprint density at radius 1 is 1.47 bits per heavy atom. The van der Waals surface area contributed by atoms with E-state index in [1.165, 1.54) is 6.07 Å². The van der Waals surface area contributed by atoms with E-state index in [9.17, 15) is 4.79 Å². The van der Waals surface area contributed by atoms with E-state index in [0.717, 1.165) is 0 Å². The number of carboxylic acid groups (broad SMARTS) is 1. The van der Waals surface area contributed by atoms with Crippen LogP contribution in [0.1, 0.15) is 10.4 Å². The van der Waals surface area contributed by atoms with Gasteiger partial charge in [-0.2, -0.15) is 0 Å². The third-order valence-electron chi connectivity index (χ3n) is 2.19. The lowest BCUT2D eigenvalue weighted by Gasteiger charge is -2.08. The van der Waals surface area contributed by atoms with Crippen LogP contribution in [-0.2, 0) is 0 Å². The fourth-order valence-corrected chi connectivity index (χ4v) is 1.62. The molecule has 0 atom stereocenters. The fraction of sp³-hybridized carbons (Fsp3) is 0. The predicted molar refractivity (Wildman–Crippen MR) is 63.8 cm³/mol. The van der Waals surface area contributed by atoms with Gasteiger partial charge in [0.05, 0.1) is 16.9 Å². The molecule has 17 heavy (non-hydrogen) atoms. The third-order valence-corrected chi connectivity index (χ3v) is 2.39. The highest BCUT2D eigenvalue weighted by atomic mass is 35.5. The van der Waals surface area contributed by atoms with Crippen LogP contribution in [0.25, 0.3) is 11.3 Å². The summed E-state index contributed by atoms with van der Waals surface area (Å²) in [6, 6.07) is 4.66. The van der Waals surface area contributed by atoms with Gasteiger partial charge in [0.1, 0.15) is 5.15 Å². The van der Waals surface area contributed by atoms with Crippen molar-refractivity contribution in [3.8, 4) is 11.3 Å². The molecule has 2 heterocycles. The van der Waals surface area contributed by atoms with E-state index in [0.29, 0.717) is 11.3 Å². The van der Waals surface area contributed by atoms with Gasteiger partial charge in [-0.1, -0.05) is 11.6 Å². The molecule has 0 fully saturated rings. The predicted octanol–water partition coefficient (Wildman–Crippen LogP) is 2.08.